The average Bonchev–Trinajstić information content (AvgIpc) is 2.66. The number of hydrogen-bond acceptors (Lipinski definition) is 2. The van der Waals surface area contributed by atoms with Crippen molar-refractivity contribution in [1.29, 1.82) is 0 Å². The molecule has 1 atom stereocenters. The number of hydrogen-bond donors (Lipinski definition) is 1. The molecular formula is C13H14BrNO. The van der Waals surface area contributed by atoms with Crippen molar-refractivity contribution < 1.29 is 4.74 Å². The van der Waals surface area contributed by atoms with E-state index < -0.39 is 0 Å². The smallest absolute Gasteiger partial charge is 0.123 e. The lowest BCUT2D eigenvalue weighted by Crippen LogP contribution is -2.30. The lowest BCUT2D eigenvalue weighted by molar-refractivity contribution is 0.230. The van der Waals surface area contributed by atoms with E-state index in [9.17, 15) is 0 Å². The molecule has 0 saturated carbocycles. The fourth-order valence-electron chi connectivity index (χ4n) is 1.79. The number of rotatable bonds is 3. The minimum Gasteiger partial charge on any atom is -0.488 e. The maximum absolute atomic E-state index is 5.81. The SMILES string of the molecule is CC#CCNCC1Cc2cc(Br)ccc2O1. The molecular weight excluding hydrogens is 266 g/mol. The number of ether oxygens (including phenoxy) is 1. The van der Waals surface area contributed by atoms with Crippen molar-refractivity contribution in [3.05, 3.63) is 28.2 Å². The van der Waals surface area contributed by atoms with Crippen LogP contribution in [0.3, 0.4) is 0 Å². The summed E-state index contributed by atoms with van der Waals surface area (Å²) in [5.41, 5.74) is 1.28. The molecule has 2 nitrogen and oxygen atoms in total. The van der Waals surface area contributed by atoms with Gasteiger partial charge in [-0.1, -0.05) is 21.9 Å². The van der Waals surface area contributed by atoms with Crippen LogP contribution in [0.5, 0.6) is 5.75 Å². The molecule has 0 saturated heterocycles. The maximum Gasteiger partial charge on any atom is 0.123 e. The first-order chi connectivity index (χ1) is 7.79. The zero-order chi connectivity index (χ0) is 11.4. The van der Waals surface area contributed by atoms with Crippen LogP contribution in [0.2, 0.25) is 0 Å². The topological polar surface area (TPSA) is 21.3 Å². The van der Waals surface area contributed by atoms with E-state index >= 15 is 0 Å². The molecule has 0 bridgehead atoms. The molecule has 1 aromatic rings. The lowest BCUT2D eigenvalue weighted by atomic mass is 10.1. The predicted molar refractivity (Wildman–Crippen MR) is 68.6 cm³/mol. The standard InChI is InChI=1S/C13H14BrNO/c1-2-3-6-15-9-12-8-10-7-11(14)4-5-13(10)16-12/h4-5,7,12,15H,6,8-9H2,1H3. The lowest BCUT2D eigenvalue weighted by Gasteiger charge is -2.09. The van der Waals surface area contributed by atoms with E-state index in [0.29, 0.717) is 0 Å². The van der Waals surface area contributed by atoms with Crippen LogP contribution in [0.15, 0.2) is 22.7 Å². The monoisotopic (exact) mass is 279 g/mol. The van der Waals surface area contributed by atoms with Crippen molar-refractivity contribution in [2.45, 2.75) is 19.4 Å². The zero-order valence-corrected chi connectivity index (χ0v) is 10.8. The van der Waals surface area contributed by atoms with Crippen LogP contribution in [-0.2, 0) is 6.42 Å². The molecule has 84 valence electrons. The van der Waals surface area contributed by atoms with Gasteiger partial charge in [0.15, 0.2) is 0 Å². The molecule has 3 heteroatoms. The van der Waals surface area contributed by atoms with Gasteiger partial charge in [0.2, 0.25) is 0 Å². The van der Waals surface area contributed by atoms with Crippen molar-refractivity contribution >= 4 is 15.9 Å². The first-order valence-electron chi connectivity index (χ1n) is 5.35. The summed E-state index contributed by atoms with van der Waals surface area (Å²) in [7, 11) is 0. The highest BCUT2D eigenvalue weighted by Gasteiger charge is 2.22. The fraction of sp³-hybridized carbons (Fsp3) is 0.385. The molecule has 1 aliphatic rings. The highest BCUT2D eigenvalue weighted by Crippen LogP contribution is 2.30. The minimum absolute atomic E-state index is 0.239. The molecule has 2 rings (SSSR count). The van der Waals surface area contributed by atoms with Crippen molar-refractivity contribution in [2.24, 2.45) is 0 Å². The quantitative estimate of drug-likeness (QED) is 0.678. The van der Waals surface area contributed by atoms with Crippen LogP contribution < -0.4 is 10.1 Å². The van der Waals surface area contributed by atoms with Gasteiger partial charge >= 0.3 is 0 Å². The fourth-order valence-corrected chi connectivity index (χ4v) is 2.20. The van der Waals surface area contributed by atoms with Gasteiger partial charge in [-0.2, -0.15) is 0 Å². The van der Waals surface area contributed by atoms with Crippen LogP contribution in [-0.4, -0.2) is 19.2 Å². The third-order valence-corrected chi connectivity index (χ3v) is 3.02. The third kappa shape index (κ3) is 2.78. The summed E-state index contributed by atoms with van der Waals surface area (Å²) in [6.45, 7) is 3.43. The summed E-state index contributed by atoms with van der Waals surface area (Å²) < 4.78 is 6.92. The van der Waals surface area contributed by atoms with Gasteiger partial charge in [-0.05, 0) is 30.7 Å². The number of nitrogens with one attached hydrogen (secondary N) is 1. The number of halogens is 1. The van der Waals surface area contributed by atoms with E-state index in [4.69, 9.17) is 4.74 Å². The highest BCUT2D eigenvalue weighted by molar-refractivity contribution is 9.10. The number of benzene rings is 1. The first-order valence-corrected chi connectivity index (χ1v) is 6.14. The Balaban J connectivity index is 1.87. The molecule has 16 heavy (non-hydrogen) atoms. The average molecular weight is 280 g/mol. The van der Waals surface area contributed by atoms with Gasteiger partial charge in [0.25, 0.3) is 0 Å². The second kappa shape index (κ2) is 5.38. The Bertz CT molecular complexity index is 433. The van der Waals surface area contributed by atoms with Crippen LogP contribution >= 0.6 is 15.9 Å². The zero-order valence-electron chi connectivity index (χ0n) is 9.22. The van der Waals surface area contributed by atoms with Crippen LogP contribution in [0.25, 0.3) is 0 Å². The van der Waals surface area contributed by atoms with Crippen LogP contribution in [0.1, 0.15) is 12.5 Å². The minimum atomic E-state index is 0.239. The summed E-state index contributed by atoms with van der Waals surface area (Å²) in [5, 5.41) is 3.27. The molecule has 0 spiro atoms. The van der Waals surface area contributed by atoms with E-state index in [0.717, 1.165) is 29.7 Å². The van der Waals surface area contributed by atoms with Gasteiger partial charge in [0, 0.05) is 17.4 Å². The molecule has 0 aromatic heterocycles. The Hall–Kier alpha value is -0.980. The predicted octanol–water partition coefficient (Wildman–Crippen LogP) is 2.37. The van der Waals surface area contributed by atoms with E-state index in [1.54, 1.807) is 0 Å². The molecule has 1 aromatic carbocycles. The van der Waals surface area contributed by atoms with Gasteiger partial charge in [-0.25, -0.2) is 0 Å². The Morgan fingerprint density at radius 1 is 1.56 bits per heavy atom. The van der Waals surface area contributed by atoms with Crippen molar-refractivity contribution in [3.8, 4) is 17.6 Å². The van der Waals surface area contributed by atoms with Gasteiger partial charge in [0.05, 0.1) is 6.54 Å². The normalized spacial score (nSPS) is 17.2. The van der Waals surface area contributed by atoms with Gasteiger partial charge in [-0.3, -0.25) is 0 Å². The highest BCUT2D eigenvalue weighted by atomic mass is 79.9. The Morgan fingerprint density at radius 3 is 3.25 bits per heavy atom. The molecule has 0 amide bonds. The summed E-state index contributed by atoms with van der Waals surface area (Å²) >= 11 is 3.47. The molecule has 0 fully saturated rings. The van der Waals surface area contributed by atoms with Gasteiger partial charge < -0.3 is 10.1 Å². The van der Waals surface area contributed by atoms with Crippen molar-refractivity contribution in [2.75, 3.05) is 13.1 Å². The Morgan fingerprint density at radius 2 is 2.44 bits per heavy atom. The largest absolute Gasteiger partial charge is 0.488 e. The van der Waals surface area contributed by atoms with Crippen molar-refractivity contribution in [1.82, 2.24) is 5.32 Å². The molecule has 0 aliphatic carbocycles. The second-order valence-corrected chi connectivity index (χ2v) is 4.67. The molecule has 1 N–H and O–H groups in total. The summed E-state index contributed by atoms with van der Waals surface area (Å²) in [4.78, 5) is 0. The van der Waals surface area contributed by atoms with Crippen LogP contribution in [0.4, 0.5) is 0 Å². The molecule has 0 radical (unpaired) electrons. The number of fused-ring (bicyclic) bond motifs is 1. The Labute approximate surface area is 105 Å². The van der Waals surface area contributed by atoms with E-state index in [-0.39, 0.29) is 6.10 Å². The second-order valence-electron chi connectivity index (χ2n) is 3.75. The van der Waals surface area contributed by atoms with E-state index in [1.807, 2.05) is 19.1 Å². The Kier molecular flexibility index (Phi) is 3.87. The summed E-state index contributed by atoms with van der Waals surface area (Å²) in [6.07, 6.45) is 1.21. The summed E-state index contributed by atoms with van der Waals surface area (Å²) in [6, 6.07) is 6.16. The summed E-state index contributed by atoms with van der Waals surface area (Å²) in [5.74, 6) is 6.85. The molecule has 1 heterocycles. The van der Waals surface area contributed by atoms with E-state index in [1.165, 1.54) is 5.56 Å². The molecule has 1 unspecified atom stereocenters. The maximum atomic E-state index is 5.81. The molecule has 1 aliphatic heterocycles. The van der Waals surface area contributed by atoms with Gasteiger partial charge in [0.1, 0.15) is 11.9 Å². The van der Waals surface area contributed by atoms with E-state index in [2.05, 4.69) is 39.2 Å². The van der Waals surface area contributed by atoms with Crippen molar-refractivity contribution in [3.63, 3.8) is 0 Å². The van der Waals surface area contributed by atoms with Crippen LogP contribution in [0, 0.1) is 11.8 Å². The van der Waals surface area contributed by atoms with Gasteiger partial charge in [-0.15, -0.1) is 5.92 Å². The third-order valence-electron chi connectivity index (χ3n) is 2.53. The first kappa shape index (κ1) is 11.5.